The molecule has 0 saturated heterocycles. The highest BCUT2D eigenvalue weighted by Crippen LogP contribution is 2.31. The monoisotopic (exact) mass is 195 g/mol. The van der Waals surface area contributed by atoms with Crippen molar-refractivity contribution in [3.05, 3.63) is 23.8 Å². The molecule has 0 amide bonds. The molecule has 0 bridgehead atoms. The molecule has 3 heteroatoms. The van der Waals surface area contributed by atoms with Gasteiger partial charge in [-0.2, -0.15) is 0 Å². The highest BCUT2D eigenvalue weighted by Gasteiger charge is 2.27. The van der Waals surface area contributed by atoms with Crippen LogP contribution in [0.4, 0.5) is 10.1 Å². The van der Waals surface area contributed by atoms with Crippen molar-refractivity contribution in [2.75, 3.05) is 11.9 Å². The molecule has 0 saturated carbocycles. The van der Waals surface area contributed by atoms with Crippen LogP contribution in [0.1, 0.15) is 18.9 Å². The highest BCUT2D eigenvalue weighted by atomic mass is 19.1. The maximum absolute atomic E-state index is 13.8. The molecule has 1 aromatic carbocycles. The summed E-state index contributed by atoms with van der Waals surface area (Å²) in [6.45, 7) is 2.24. The number of benzene rings is 1. The third-order valence-electron chi connectivity index (χ3n) is 2.61. The van der Waals surface area contributed by atoms with Gasteiger partial charge in [0, 0.05) is 24.7 Å². The Morgan fingerprint density at radius 2 is 2.29 bits per heavy atom. The van der Waals surface area contributed by atoms with E-state index in [2.05, 4.69) is 5.32 Å². The summed E-state index contributed by atoms with van der Waals surface area (Å²) in [5, 5.41) is 12.4. The number of alkyl halides is 1. The maximum Gasteiger partial charge on any atom is 0.117 e. The predicted molar refractivity (Wildman–Crippen MR) is 54.4 cm³/mol. The van der Waals surface area contributed by atoms with Crippen LogP contribution in [0.5, 0.6) is 5.75 Å². The Morgan fingerprint density at radius 3 is 3.07 bits per heavy atom. The summed E-state index contributed by atoms with van der Waals surface area (Å²) >= 11 is 0. The third-order valence-corrected chi connectivity index (χ3v) is 2.61. The number of nitrogens with one attached hydrogen (secondary N) is 1. The number of phenolic OH excluding ortho intramolecular Hbond substituents is 1. The van der Waals surface area contributed by atoms with Gasteiger partial charge in [-0.3, -0.25) is 0 Å². The molecule has 0 spiro atoms. The molecule has 1 aliphatic rings. The number of rotatable bonds is 0. The van der Waals surface area contributed by atoms with Gasteiger partial charge in [0.1, 0.15) is 11.4 Å². The first-order valence-corrected chi connectivity index (χ1v) is 4.81. The van der Waals surface area contributed by atoms with E-state index in [0.29, 0.717) is 19.4 Å². The second kappa shape index (κ2) is 3.15. The number of hydrogen-bond donors (Lipinski definition) is 2. The lowest BCUT2D eigenvalue weighted by atomic mass is 9.96. The summed E-state index contributed by atoms with van der Waals surface area (Å²) in [5.74, 6) is 0.221. The van der Waals surface area contributed by atoms with Gasteiger partial charge in [0.2, 0.25) is 0 Å². The fraction of sp³-hybridized carbons (Fsp3) is 0.455. The molecule has 1 atom stereocenters. The van der Waals surface area contributed by atoms with E-state index < -0.39 is 5.67 Å². The molecule has 2 N–H and O–H groups in total. The lowest BCUT2D eigenvalue weighted by molar-refractivity contribution is 0.183. The fourth-order valence-corrected chi connectivity index (χ4v) is 1.83. The van der Waals surface area contributed by atoms with Crippen LogP contribution in [0.15, 0.2) is 18.2 Å². The van der Waals surface area contributed by atoms with E-state index in [1.54, 1.807) is 25.1 Å². The molecule has 0 aromatic heterocycles. The minimum Gasteiger partial charge on any atom is -0.508 e. The van der Waals surface area contributed by atoms with Crippen LogP contribution in [0, 0.1) is 0 Å². The first-order chi connectivity index (χ1) is 6.57. The molecular formula is C11H14FNO. The van der Waals surface area contributed by atoms with Crippen molar-refractivity contribution in [2.45, 2.75) is 25.4 Å². The molecule has 1 unspecified atom stereocenters. The largest absolute Gasteiger partial charge is 0.508 e. The Hall–Kier alpha value is -1.25. The second-order valence-electron chi connectivity index (χ2n) is 4.11. The minimum absolute atomic E-state index is 0.221. The van der Waals surface area contributed by atoms with Crippen LogP contribution in [0.25, 0.3) is 0 Å². The lowest BCUT2D eigenvalue weighted by Crippen LogP contribution is -2.21. The van der Waals surface area contributed by atoms with Crippen molar-refractivity contribution in [3.63, 3.8) is 0 Å². The quantitative estimate of drug-likeness (QED) is 0.666. The molecule has 76 valence electrons. The van der Waals surface area contributed by atoms with Gasteiger partial charge in [0.25, 0.3) is 0 Å². The zero-order chi connectivity index (χ0) is 10.2. The average Bonchev–Trinajstić information content (AvgIpc) is 2.22. The van der Waals surface area contributed by atoms with Crippen LogP contribution in [0.2, 0.25) is 0 Å². The van der Waals surface area contributed by atoms with Gasteiger partial charge < -0.3 is 10.4 Å². The lowest BCUT2D eigenvalue weighted by Gasteiger charge is -2.16. The van der Waals surface area contributed by atoms with E-state index >= 15 is 0 Å². The Balaban J connectivity index is 2.37. The highest BCUT2D eigenvalue weighted by molar-refractivity contribution is 5.56. The molecule has 1 aromatic rings. The molecule has 0 fully saturated rings. The van der Waals surface area contributed by atoms with E-state index in [9.17, 15) is 9.50 Å². The van der Waals surface area contributed by atoms with Crippen LogP contribution in [-0.2, 0) is 6.42 Å². The SMILES string of the molecule is CC1(F)CCNc2cc(O)ccc2C1. The zero-order valence-electron chi connectivity index (χ0n) is 8.18. The molecule has 2 rings (SSSR count). The van der Waals surface area contributed by atoms with Crippen LogP contribution in [0.3, 0.4) is 0 Å². The van der Waals surface area contributed by atoms with Crippen molar-refractivity contribution in [1.82, 2.24) is 0 Å². The average molecular weight is 195 g/mol. The number of fused-ring (bicyclic) bond motifs is 1. The van der Waals surface area contributed by atoms with Crippen molar-refractivity contribution in [2.24, 2.45) is 0 Å². The first-order valence-electron chi connectivity index (χ1n) is 4.81. The van der Waals surface area contributed by atoms with E-state index in [1.807, 2.05) is 0 Å². The Morgan fingerprint density at radius 1 is 1.50 bits per heavy atom. The van der Waals surface area contributed by atoms with Crippen LogP contribution < -0.4 is 5.32 Å². The van der Waals surface area contributed by atoms with E-state index in [1.165, 1.54) is 0 Å². The standard InChI is InChI=1S/C11H14FNO/c1-11(12)4-5-13-10-6-9(14)3-2-8(10)7-11/h2-3,6,13-14H,4-5,7H2,1H3. The molecule has 14 heavy (non-hydrogen) atoms. The molecule has 0 aliphatic carbocycles. The first kappa shape index (κ1) is 9.31. The van der Waals surface area contributed by atoms with Gasteiger partial charge in [-0.1, -0.05) is 6.07 Å². The van der Waals surface area contributed by atoms with Gasteiger partial charge in [-0.25, -0.2) is 4.39 Å². The van der Waals surface area contributed by atoms with E-state index in [4.69, 9.17) is 0 Å². The van der Waals surface area contributed by atoms with Crippen molar-refractivity contribution < 1.29 is 9.50 Å². The second-order valence-corrected chi connectivity index (χ2v) is 4.11. The van der Waals surface area contributed by atoms with E-state index in [0.717, 1.165) is 11.3 Å². The minimum atomic E-state index is -1.14. The molecule has 1 heterocycles. The number of phenols is 1. The summed E-state index contributed by atoms with van der Waals surface area (Å²) in [6, 6.07) is 5.03. The predicted octanol–water partition coefficient (Wildman–Crippen LogP) is 2.48. The van der Waals surface area contributed by atoms with Gasteiger partial charge >= 0.3 is 0 Å². The zero-order valence-corrected chi connectivity index (χ0v) is 8.18. The smallest absolute Gasteiger partial charge is 0.117 e. The summed E-state index contributed by atoms with van der Waals surface area (Å²) in [7, 11) is 0. The number of hydrogen-bond acceptors (Lipinski definition) is 2. The third kappa shape index (κ3) is 1.81. The van der Waals surface area contributed by atoms with Crippen LogP contribution in [-0.4, -0.2) is 17.3 Å². The number of aromatic hydroxyl groups is 1. The molecule has 0 radical (unpaired) electrons. The number of halogens is 1. The van der Waals surface area contributed by atoms with Crippen molar-refractivity contribution in [3.8, 4) is 5.75 Å². The summed E-state index contributed by atoms with van der Waals surface area (Å²) in [5.41, 5.74) is 0.645. The Labute approximate surface area is 82.8 Å². The van der Waals surface area contributed by atoms with Gasteiger partial charge in [0.15, 0.2) is 0 Å². The van der Waals surface area contributed by atoms with Crippen molar-refractivity contribution in [1.29, 1.82) is 0 Å². The topological polar surface area (TPSA) is 32.3 Å². The summed E-state index contributed by atoms with van der Waals surface area (Å²) in [6.07, 6.45) is 0.915. The fourth-order valence-electron chi connectivity index (χ4n) is 1.83. The van der Waals surface area contributed by atoms with Gasteiger partial charge in [0.05, 0.1) is 0 Å². The maximum atomic E-state index is 13.8. The Bertz CT molecular complexity index is 349. The van der Waals surface area contributed by atoms with Crippen LogP contribution >= 0.6 is 0 Å². The van der Waals surface area contributed by atoms with E-state index in [-0.39, 0.29) is 5.75 Å². The van der Waals surface area contributed by atoms with Gasteiger partial charge in [-0.05, 0) is 25.0 Å². The molecule has 1 aliphatic heterocycles. The van der Waals surface area contributed by atoms with Crippen molar-refractivity contribution >= 4 is 5.69 Å². The van der Waals surface area contributed by atoms with Gasteiger partial charge in [-0.15, -0.1) is 0 Å². The normalized spacial score (nSPS) is 26.1. The molecule has 2 nitrogen and oxygen atoms in total. The summed E-state index contributed by atoms with van der Waals surface area (Å²) in [4.78, 5) is 0. The Kier molecular flexibility index (Phi) is 2.10. The number of anilines is 1. The summed E-state index contributed by atoms with van der Waals surface area (Å²) < 4.78 is 13.8. The molecular weight excluding hydrogens is 181 g/mol.